The van der Waals surface area contributed by atoms with E-state index in [0.717, 1.165) is 31.8 Å². The first kappa shape index (κ1) is 17.4. The molecular weight excluding hydrogens is 224 g/mol. The first-order valence-corrected chi connectivity index (χ1v) is 7.54. The van der Waals surface area contributed by atoms with Crippen molar-refractivity contribution in [2.45, 2.75) is 72.9 Å². The highest BCUT2D eigenvalue weighted by atomic mass is 16.2. The molecule has 3 nitrogen and oxygen atoms in total. The van der Waals surface area contributed by atoms with E-state index in [4.69, 9.17) is 0 Å². The van der Waals surface area contributed by atoms with Crippen LogP contribution in [-0.4, -0.2) is 36.0 Å². The third kappa shape index (κ3) is 5.85. The Morgan fingerprint density at radius 2 is 1.61 bits per heavy atom. The van der Waals surface area contributed by atoms with Crippen LogP contribution in [0.4, 0.5) is 0 Å². The molecule has 0 aliphatic carbocycles. The quantitative estimate of drug-likeness (QED) is 0.687. The van der Waals surface area contributed by atoms with E-state index in [2.05, 4.69) is 26.1 Å². The van der Waals surface area contributed by atoms with Crippen LogP contribution in [-0.2, 0) is 4.79 Å². The van der Waals surface area contributed by atoms with Gasteiger partial charge in [-0.2, -0.15) is 0 Å². The monoisotopic (exact) mass is 256 g/mol. The predicted molar refractivity (Wildman–Crippen MR) is 78.7 cm³/mol. The fraction of sp³-hybridized carbons (Fsp3) is 0.933. The van der Waals surface area contributed by atoms with Crippen molar-refractivity contribution in [1.29, 1.82) is 0 Å². The maximum atomic E-state index is 12.2. The van der Waals surface area contributed by atoms with Gasteiger partial charge in [0.15, 0.2) is 0 Å². The molecule has 0 aliphatic rings. The first-order valence-electron chi connectivity index (χ1n) is 7.54. The molecule has 0 heterocycles. The number of rotatable bonds is 9. The molecule has 108 valence electrons. The summed E-state index contributed by atoms with van der Waals surface area (Å²) in [7, 11) is 0. The van der Waals surface area contributed by atoms with E-state index in [1.165, 1.54) is 6.42 Å². The van der Waals surface area contributed by atoms with Gasteiger partial charge in [0.1, 0.15) is 0 Å². The average Bonchev–Trinajstić information content (AvgIpc) is 2.38. The lowest BCUT2D eigenvalue weighted by Gasteiger charge is -2.28. The zero-order chi connectivity index (χ0) is 14.1. The Kier molecular flexibility index (Phi) is 9.08. The molecule has 1 N–H and O–H groups in total. The molecule has 0 saturated heterocycles. The third-order valence-corrected chi connectivity index (χ3v) is 3.81. The molecule has 0 aliphatic heterocycles. The molecule has 3 unspecified atom stereocenters. The summed E-state index contributed by atoms with van der Waals surface area (Å²) in [6, 6.07) is 0.383. The van der Waals surface area contributed by atoms with Gasteiger partial charge in [0.2, 0.25) is 5.91 Å². The van der Waals surface area contributed by atoms with Crippen molar-refractivity contribution < 1.29 is 4.79 Å². The fourth-order valence-corrected chi connectivity index (χ4v) is 2.24. The van der Waals surface area contributed by atoms with E-state index < -0.39 is 0 Å². The number of carbonyl (C=O) groups excluding carboxylic acids is 1. The van der Waals surface area contributed by atoms with Crippen molar-refractivity contribution in [3.63, 3.8) is 0 Å². The van der Waals surface area contributed by atoms with E-state index in [0.29, 0.717) is 6.04 Å². The summed E-state index contributed by atoms with van der Waals surface area (Å²) < 4.78 is 0. The van der Waals surface area contributed by atoms with Gasteiger partial charge in [0, 0.05) is 19.1 Å². The number of carbonyl (C=O) groups is 1. The maximum absolute atomic E-state index is 12.2. The van der Waals surface area contributed by atoms with Crippen LogP contribution in [0.1, 0.15) is 60.8 Å². The molecule has 3 atom stereocenters. The third-order valence-electron chi connectivity index (χ3n) is 3.81. The van der Waals surface area contributed by atoms with Crippen LogP contribution in [0.25, 0.3) is 0 Å². The molecule has 0 aromatic heterocycles. The van der Waals surface area contributed by atoms with Gasteiger partial charge in [-0.1, -0.05) is 27.2 Å². The van der Waals surface area contributed by atoms with Gasteiger partial charge >= 0.3 is 0 Å². The highest BCUT2D eigenvalue weighted by Crippen LogP contribution is 2.12. The lowest BCUT2D eigenvalue weighted by atomic mass is 9.97. The van der Waals surface area contributed by atoms with Crippen LogP contribution in [0.2, 0.25) is 0 Å². The molecule has 0 saturated carbocycles. The standard InChI is InChI=1S/C15H32N2O/c1-7-12(5)11-14(8-2)16-13(6)15(18)17(9-3)10-4/h12-14,16H,7-11H2,1-6H3. The van der Waals surface area contributed by atoms with E-state index in [-0.39, 0.29) is 11.9 Å². The molecule has 0 radical (unpaired) electrons. The Balaban J connectivity index is 4.33. The lowest BCUT2D eigenvalue weighted by Crippen LogP contribution is -2.48. The second-order valence-corrected chi connectivity index (χ2v) is 5.25. The van der Waals surface area contributed by atoms with Gasteiger partial charge in [-0.05, 0) is 39.5 Å². The van der Waals surface area contributed by atoms with E-state index in [1.54, 1.807) is 0 Å². The Bertz CT molecular complexity index is 227. The minimum Gasteiger partial charge on any atom is -0.342 e. The van der Waals surface area contributed by atoms with Crippen molar-refractivity contribution in [3.8, 4) is 0 Å². The molecule has 0 aromatic rings. The maximum Gasteiger partial charge on any atom is 0.239 e. The van der Waals surface area contributed by atoms with E-state index in [9.17, 15) is 4.79 Å². The van der Waals surface area contributed by atoms with E-state index >= 15 is 0 Å². The highest BCUT2D eigenvalue weighted by Gasteiger charge is 2.21. The van der Waals surface area contributed by atoms with Crippen LogP contribution in [0.3, 0.4) is 0 Å². The van der Waals surface area contributed by atoms with Crippen molar-refractivity contribution in [1.82, 2.24) is 10.2 Å². The molecule has 0 bridgehead atoms. The van der Waals surface area contributed by atoms with E-state index in [1.807, 2.05) is 25.7 Å². The normalized spacial score (nSPS) is 16.1. The lowest BCUT2D eigenvalue weighted by molar-refractivity contribution is -0.132. The Hall–Kier alpha value is -0.570. The van der Waals surface area contributed by atoms with Gasteiger partial charge in [-0.25, -0.2) is 0 Å². The zero-order valence-electron chi connectivity index (χ0n) is 13.1. The van der Waals surface area contributed by atoms with Crippen molar-refractivity contribution in [2.24, 2.45) is 5.92 Å². The molecule has 18 heavy (non-hydrogen) atoms. The fourth-order valence-electron chi connectivity index (χ4n) is 2.24. The number of amides is 1. The predicted octanol–water partition coefficient (Wildman–Crippen LogP) is 3.05. The molecule has 0 fully saturated rings. The number of likely N-dealkylation sites (N-methyl/N-ethyl adjacent to an activating group) is 1. The number of nitrogens with one attached hydrogen (secondary N) is 1. The molecular formula is C15H32N2O. The number of hydrogen-bond donors (Lipinski definition) is 1. The molecule has 0 spiro atoms. The summed E-state index contributed by atoms with van der Waals surface area (Å²) in [5.74, 6) is 0.945. The summed E-state index contributed by atoms with van der Waals surface area (Å²) in [6.07, 6.45) is 3.44. The van der Waals surface area contributed by atoms with Crippen molar-refractivity contribution in [2.75, 3.05) is 13.1 Å². The summed E-state index contributed by atoms with van der Waals surface area (Å²) in [5, 5.41) is 3.49. The molecule has 0 aromatic carbocycles. The number of nitrogens with zero attached hydrogens (tertiary/aromatic N) is 1. The van der Waals surface area contributed by atoms with Gasteiger partial charge in [0.05, 0.1) is 6.04 Å². The smallest absolute Gasteiger partial charge is 0.239 e. The van der Waals surface area contributed by atoms with Crippen molar-refractivity contribution in [3.05, 3.63) is 0 Å². The van der Waals surface area contributed by atoms with Gasteiger partial charge < -0.3 is 10.2 Å². The van der Waals surface area contributed by atoms with Crippen LogP contribution in [0, 0.1) is 5.92 Å². The average molecular weight is 256 g/mol. The van der Waals surface area contributed by atoms with Gasteiger partial charge in [-0.15, -0.1) is 0 Å². The summed E-state index contributed by atoms with van der Waals surface area (Å²) in [6.45, 7) is 14.3. The van der Waals surface area contributed by atoms with Crippen LogP contribution in [0.15, 0.2) is 0 Å². The van der Waals surface area contributed by atoms with Crippen molar-refractivity contribution >= 4 is 5.91 Å². The minimum atomic E-state index is -0.0705. The second-order valence-electron chi connectivity index (χ2n) is 5.25. The SMILES string of the molecule is CCC(C)CC(CC)NC(C)C(=O)N(CC)CC. The Morgan fingerprint density at radius 3 is 2.00 bits per heavy atom. The van der Waals surface area contributed by atoms with Crippen LogP contribution in [0.5, 0.6) is 0 Å². The highest BCUT2D eigenvalue weighted by molar-refractivity contribution is 5.81. The molecule has 1 amide bonds. The van der Waals surface area contributed by atoms with Crippen LogP contribution >= 0.6 is 0 Å². The summed E-state index contributed by atoms with van der Waals surface area (Å²) in [5.41, 5.74) is 0. The number of hydrogen-bond acceptors (Lipinski definition) is 2. The zero-order valence-corrected chi connectivity index (χ0v) is 13.1. The topological polar surface area (TPSA) is 32.3 Å². The summed E-state index contributed by atoms with van der Waals surface area (Å²) >= 11 is 0. The van der Waals surface area contributed by atoms with Gasteiger partial charge in [0.25, 0.3) is 0 Å². The summed E-state index contributed by atoms with van der Waals surface area (Å²) in [4.78, 5) is 14.1. The minimum absolute atomic E-state index is 0.0705. The molecule has 3 heteroatoms. The Labute approximate surface area is 113 Å². The molecule has 0 rings (SSSR count). The van der Waals surface area contributed by atoms with Gasteiger partial charge in [-0.3, -0.25) is 4.79 Å². The second kappa shape index (κ2) is 9.37. The first-order chi connectivity index (χ1) is 8.49. The van der Waals surface area contributed by atoms with Crippen LogP contribution < -0.4 is 5.32 Å². The largest absolute Gasteiger partial charge is 0.342 e. The Morgan fingerprint density at radius 1 is 1.06 bits per heavy atom.